The van der Waals surface area contributed by atoms with E-state index < -0.39 is 46.1 Å². The number of rotatable bonds is 5. The van der Waals surface area contributed by atoms with Crippen LogP contribution in [0.3, 0.4) is 0 Å². The van der Waals surface area contributed by atoms with Gasteiger partial charge in [-0.15, -0.1) is 0 Å². The Kier molecular flexibility index (Phi) is 7.65. The molecule has 2 aromatic rings. The molecule has 0 bridgehead atoms. The zero-order valence-corrected chi connectivity index (χ0v) is 21.7. The number of hydrogen-bond acceptors (Lipinski definition) is 4. The topological polar surface area (TPSA) is 74.5 Å². The molecule has 1 amide bonds. The van der Waals surface area contributed by atoms with Gasteiger partial charge in [-0.25, -0.2) is 13.2 Å². The molecule has 0 unspecified atom stereocenters. The lowest BCUT2D eigenvalue weighted by Crippen LogP contribution is -2.43. The molecule has 2 aliphatic rings. The Hall–Kier alpha value is -3.26. The van der Waals surface area contributed by atoms with Gasteiger partial charge in [-0.2, -0.15) is 18.4 Å². The molecule has 1 atom stereocenters. The monoisotopic (exact) mass is 571 g/mol. The first-order valence-corrected chi connectivity index (χ1v) is 12.5. The number of nitrogens with one attached hydrogen (secondary N) is 1. The van der Waals surface area contributed by atoms with E-state index >= 15 is 0 Å². The zero-order chi connectivity index (χ0) is 28.8. The molecular weight excluding hydrogens is 548 g/mol. The fourth-order valence-corrected chi connectivity index (χ4v) is 5.12. The van der Waals surface area contributed by atoms with Crippen molar-refractivity contribution < 1.29 is 36.0 Å². The van der Waals surface area contributed by atoms with Crippen LogP contribution < -0.4 is 5.32 Å². The second-order valence-electron chi connectivity index (χ2n) is 10.0. The SMILES string of the molecule is Cc1cc(C2=NO[C@](c3cc(C(C)(F)F)cc(Cl)c3F)(C(F)(F)F)C2)ccc1C(=O)N[C@H]1CC[C@H](C#N)CC1. The van der Waals surface area contributed by atoms with Crippen LogP contribution in [0.15, 0.2) is 35.5 Å². The molecule has 1 aliphatic carbocycles. The minimum atomic E-state index is -5.25. The molecule has 39 heavy (non-hydrogen) atoms. The summed E-state index contributed by atoms with van der Waals surface area (Å²) < 4.78 is 85.9. The number of hydrogen-bond donors (Lipinski definition) is 1. The summed E-state index contributed by atoms with van der Waals surface area (Å²) in [5.41, 5.74) is -4.75. The van der Waals surface area contributed by atoms with E-state index in [0.717, 1.165) is 0 Å². The summed E-state index contributed by atoms with van der Waals surface area (Å²) in [4.78, 5) is 17.6. The lowest BCUT2D eigenvalue weighted by atomic mass is 9.84. The number of aryl methyl sites for hydroxylation is 1. The lowest BCUT2D eigenvalue weighted by Gasteiger charge is -2.30. The van der Waals surface area contributed by atoms with Crippen molar-refractivity contribution in [3.05, 3.63) is 69.0 Å². The summed E-state index contributed by atoms with van der Waals surface area (Å²) in [6.45, 7) is 2.06. The molecule has 1 aliphatic heterocycles. The predicted octanol–water partition coefficient (Wildman–Crippen LogP) is 7.29. The molecule has 1 N–H and O–H groups in total. The average Bonchev–Trinajstić information content (AvgIpc) is 3.32. The Morgan fingerprint density at radius 3 is 2.38 bits per heavy atom. The van der Waals surface area contributed by atoms with E-state index in [2.05, 4.69) is 16.5 Å². The maximum absolute atomic E-state index is 14.9. The molecule has 2 aromatic carbocycles. The van der Waals surface area contributed by atoms with Crippen LogP contribution in [-0.4, -0.2) is 23.8 Å². The summed E-state index contributed by atoms with van der Waals surface area (Å²) in [6.07, 6.45) is -3.55. The third-order valence-corrected chi connectivity index (χ3v) is 7.48. The first-order chi connectivity index (χ1) is 18.2. The number of amides is 1. The Labute approximate surface area is 225 Å². The van der Waals surface area contributed by atoms with E-state index in [0.29, 0.717) is 55.9 Å². The van der Waals surface area contributed by atoms with Crippen LogP contribution >= 0.6 is 11.6 Å². The van der Waals surface area contributed by atoms with Gasteiger partial charge in [0.15, 0.2) is 0 Å². The number of carbonyl (C=O) groups is 1. The molecule has 0 spiro atoms. The highest BCUT2D eigenvalue weighted by molar-refractivity contribution is 6.30. The van der Waals surface area contributed by atoms with Crippen LogP contribution in [0.4, 0.5) is 26.3 Å². The number of carbonyl (C=O) groups excluding carboxylic acids is 1. The Morgan fingerprint density at radius 2 is 1.82 bits per heavy atom. The molecule has 0 aromatic heterocycles. The fraction of sp³-hybridized carbons (Fsp3) is 0.444. The highest BCUT2D eigenvalue weighted by Gasteiger charge is 2.64. The van der Waals surface area contributed by atoms with Gasteiger partial charge in [0.05, 0.1) is 23.2 Å². The highest BCUT2D eigenvalue weighted by atomic mass is 35.5. The average molecular weight is 572 g/mol. The van der Waals surface area contributed by atoms with Gasteiger partial charge < -0.3 is 10.2 Å². The van der Waals surface area contributed by atoms with Crippen LogP contribution in [0.25, 0.3) is 0 Å². The van der Waals surface area contributed by atoms with Crippen molar-refractivity contribution in [3.63, 3.8) is 0 Å². The minimum Gasteiger partial charge on any atom is -0.374 e. The second-order valence-corrected chi connectivity index (χ2v) is 10.4. The smallest absolute Gasteiger partial charge is 0.374 e. The number of nitriles is 1. The van der Waals surface area contributed by atoms with Crippen molar-refractivity contribution in [2.24, 2.45) is 11.1 Å². The van der Waals surface area contributed by atoms with Gasteiger partial charge in [-0.3, -0.25) is 4.79 Å². The summed E-state index contributed by atoms with van der Waals surface area (Å²) >= 11 is 5.70. The van der Waals surface area contributed by atoms with Gasteiger partial charge in [-0.05, 0) is 68.0 Å². The number of alkyl halides is 5. The van der Waals surface area contributed by atoms with E-state index in [1.54, 1.807) is 6.92 Å². The molecule has 12 heteroatoms. The van der Waals surface area contributed by atoms with Gasteiger partial charge in [-0.1, -0.05) is 22.8 Å². The molecule has 208 valence electrons. The predicted molar refractivity (Wildman–Crippen MR) is 131 cm³/mol. The van der Waals surface area contributed by atoms with E-state index in [9.17, 15) is 31.1 Å². The standard InChI is InChI=1S/C27H24ClF6N3O2/c1-14-9-16(5-8-19(14)24(38)36-18-6-3-15(13-35)4-7-18)22-12-26(39-37-22,27(32,33)34)20-10-17(25(2,30)31)11-21(28)23(20)29/h5,8-11,15,18H,3-4,6-7,12H2,1-2H3,(H,36,38)/t15-,18-,26-/m1/s1. The van der Waals surface area contributed by atoms with Gasteiger partial charge in [0.25, 0.3) is 17.4 Å². The van der Waals surface area contributed by atoms with E-state index in [4.69, 9.17) is 21.7 Å². The molecule has 0 radical (unpaired) electrons. The van der Waals surface area contributed by atoms with Crippen molar-refractivity contribution >= 4 is 23.2 Å². The van der Waals surface area contributed by atoms with E-state index in [1.807, 2.05) is 0 Å². The zero-order valence-electron chi connectivity index (χ0n) is 20.9. The van der Waals surface area contributed by atoms with Gasteiger partial charge in [0.1, 0.15) is 5.82 Å². The van der Waals surface area contributed by atoms with Crippen molar-refractivity contribution in [3.8, 4) is 6.07 Å². The largest absolute Gasteiger partial charge is 0.435 e. The number of nitrogens with zero attached hydrogens (tertiary/aromatic N) is 2. The van der Waals surface area contributed by atoms with Crippen molar-refractivity contribution in [1.82, 2.24) is 5.32 Å². The number of halogens is 7. The molecule has 4 rings (SSSR count). The maximum Gasteiger partial charge on any atom is 0.435 e. The van der Waals surface area contributed by atoms with Crippen molar-refractivity contribution in [2.45, 2.75) is 69.7 Å². The van der Waals surface area contributed by atoms with Crippen LogP contribution in [0.1, 0.15) is 71.6 Å². The third-order valence-electron chi connectivity index (χ3n) is 7.21. The summed E-state index contributed by atoms with van der Waals surface area (Å²) in [5, 5.41) is 14.6. The van der Waals surface area contributed by atoms with Gasteiger partial charge >= 0.3 is 6.18 Å². The second kappa shape index (κ2) is 10.4. The summed E-state index contributed by atoms with van der Waals surface area (Å²) in [5.74, 6) is -5.51. The Morgan fingerprint density at radius 1 is 1.15 bits per heavy atom. The Bertz CT molecular complexity index is 1360. The first kappa shape index (κ1) is 28.7. The molecule has 5 nitrogen and oxygen atoms in total. The van der Waals surface area contributed by atoms with E-state index in [-0.39, 0.29) is 29.1 Å². The van der Waals surface area contributed by atoms with Crippen molar-refractivity contribution in [2.75, 3.05) is 0 Å². The molecular formula is C27H24ClF6N3O2. The van der Waals surface area contributed by atoms with Crippen molar-refractivity contribution in [1.29, 1.82) is 5.26 Å². The lowest BCUT2D eigenvalue weighted by molar-refractivity contribution is -0.276. The van der Waals surface area contributed by atoms with Crippen LogP contribution in [-0.2, 0) is 16.4 Å². The number of oxime groups is 1. The minimum absolute atomic E-state index is 0.0252. The normalized spacial score (nSPS) is 23.5. The molecule has 1 saturated carbocycles. The van der Waals surface area contributed by atoms with Gasteiger partial charge in [0.2, 0.25) is 0 Å². The molecule has 1 fully saturated rings. The highest BCUT2D eigenvalue weighted by Crippen LogP contribution is 2.51. The van der Waals surface area contributed by atoms with E-state index in [1.165, 1.54) is 18.2 Å². The summed E-state index contributed by atoms with van der Waals surface area (Å²) in [6, 6.07) is 7.39. The molecule has 0 saturated heterocycles. The van der Waals surface area contributed by atoms with Crippen LogP contribution in [0.5, 0.6) is 0 Å². The third kappa shape index (κ3) is 5.57. The maximum atomic E-state index is 14.9. The fourth-order valence-electron chi connectivity index (χ4n) is 4.90. The molecule has 1 heterocycles. The first-order valence-electron chi connectivity index (χ1n) is 12.2. The Balaban J connectivity index is 1.59. The summed E-state index contributed by atoms with van der Waals surface area (Å²) in [7, 11) is 0. The quantitative estimate of drug-likeness (QED) is 0.383. The van der Waals surface area contributed by atoms with Gasteiger partial charge in [0, 0.05) is 35.6 Å². The van der Waals surface area contributed by atoms with Crippen LogP contribution in [0, 0.1) is 30.0 Å². The number of benzene rings is 2. The van der Waals surface area contributed by atoms with Crippen LogP contribution in [0.2, 0.25) is 5.02 Å².